The Hall–Kier alpha value is -5.32. The number of allylic oxidation sites excluding steroid dienone is 25. The molecule has 0 aromatic carbocycles. The highest BCUT2D eigenvalue weighted by Gasteiger charge is 2.30. The average Bonchev–Trinajstić information content (AvgIpc) is 0.926. The van der Waals surface area contributed by atoms with Crippen molar-refractivity contribution in [3.63, 3.8) is 0 Å². The van der Waals surface area contributed by atoms with Crippen molar-refractivity contribution in [3.05, 3.63) is 158 Å². The van der Waals surface area contributed by atoms with Gasteiger partial charge in [-0.25, -0.2) is 9.13 Å². The third kappa shape index (κ3) is 73.0. The maximum Gasteiger partial charge on any atom is 0.472 e. The van der Waals surface area contributed by atoms with Gasteiger partial charge in [0.2, 0.25) is 0 Å². The van der Waals surface area contributed by atoms with E-state index in [1.165, 1.54) is 38.5 Å². The van der Waals surface area contributed by atoms with Crippen LogP contribution in [0.15, 0.2) is 158 Å². The maximum atomic E-state index is 13.1. The fourth-order valence-electron chi connectivity index (χ4n) is 9.75. The van der Waals surface area contributed by atoms with E-state index in [0.717, 1.165) is 167 Å². The van der Waals surface area contributed by atoms with Gasteiger partial charge in [-0.2, -0.15) is 0 Å². The molecule has 0 aliphatic rings. The lowest BCUT2D eigenvalue weighted by molar-refractivity contribution is -0.161. The van der Waals surface area contributed by atoms with Gasteiger partial charge in [0.15, 0.2) is 12.2 Å². The van der Waals surface area contributed by atoms with Crippen LogP contribution in [0.4, 0.5) is 0 Å². The topological polar surface area (TPSA) is 237 Å². The van der Waals surface area contributed by atoms with Crippen molar-refractivity contribution in [3.8, 4) is 0 Å². The number of hydrogen-bond acceptors (Lipinski definition) is 15. The van der Waals surface area contributed by atoms with Crippen LogP contribution in [-0.4, -0.2) is 96.7 Å². The van der Waals surface area contributed by atoms with Crippen molar-refractivity contribution in [2.45, 2.75) is 303 Å². The summed E-state index contributed by atoms with van der Waals surface area (Å²) in [4.78, 5) is 72.8. The maximum absolute atomic E-state index is 13.1. The molecule has 0 saturated heterocycles. The van der Waals surface area contributed by atoms with E-state index in [1.54, 1.807) is 12.2 Å². The molecule has 0 aromatic rings. The number of unbranched alkanes of at least 4 members (excludes halogenated alkanes) is 20. The second-order valence-corrected chi connectivity index (χ2v) is 28.1. The number of rotatable bonds is 71. The molecule has 102 heavy (non-hydrogen) atoms. The van der Waals surface area contributed by atoms with Crippen LogP contribution in [0.3, 0.4) is 0 Å². The molecule has 19 heteroatoms. The molecule has 0 bridgehead atoms. The van der Waals surface area contributed by atoms with Gasteiger partial charge in [0.1, 0.15) is 19.3 Å². The lowest BCUT2D eigenvalue weighted by atomic mass is 10.1. The molecule has 5 atom stereocenters. The summed E-state index contributed by atoms with van der Waals surface area (Å²) in [6.07, 6.45) is 85.5. The first-order valence-corrected chi connectivity index (χ1v) is 41.7. The van der Waals surface area contributed by atoms with Crippen LogP contribution in [0.25, 0.3) is 0 Å². The highest BCUT2D eigenvalue weighted by atomic mass is 31.2. The molecule has 580 valence electrons. The molecule has 0 aliphatic heterocycles. The minimum Gasteiger partial charge on any atom is -0.462 e. The molecule has 0 saturated carbocycles. The van der Waals surface area contributed by atoms with Gasteiger partial charge >= 0.3 is 39.5 Å². The molecule has 0 heterocycles. The van der Waals surface area contributed by atoms with Crippen molar-refractivity contribution in [2.75, 3.05) is 39.6 Å². The van der Waals surface area contributed by atoms with Crippen LogP contribution >= 0.6 is 15.6 Å². The number of aliphatic hydroxyl groups excluding tert-OH is 1. The molecule has 0 aromatic heterocycles. The highest BCUT2D eigenvalue weighted by molar-refractivity contribution is 7.47. The molecule has 0 spiro atoms. The third-order valence-corrected chi connectivity index (χ3v) is 17.4. The van der Waals surface area contributed by atoms with E-state index in [9.17, 15) is 43.2 Å². The molecule has 5 unspecified atom stereocenters. The van der Waals surface area contributed by atoms with E-state index >= 15 is 0 Å². The zero-order valence-electron chi connectivity index (χ0n) is 63.2. The first-order valence-electron chi connectivity index (χ1n) is 38.7. The van der Waals surface area contributed by atoms with E-state index < -0.39 is 97.5 Å². The Bertz CT molecular complexity index is 2550. The van der Waals surface area contributed by atoms with Gasteiger partial charge in [0, 0.05) is 19.3 Å². The summed E-state index contributed by atoms with van der Waals surface area (Å²) in [5.41, 5.74) is 0. The monoisotopic (exact) mass is 1470 g/mol. The fraction of sp³-hybridized carbons (Fsp3) is 0.639. The van der Waals surface area contributed by atoms with E-state index in [-0.39, 0.29) is 25.7 Å². The van der Waals surface area contributed by atoms with Crippen molar-refractivity contribution in [2.24, 2.45) is 0 Å². The minimum absolute atomic E-state index is 0.0824. The van der Waals surface area contributed by atoms with Crippen molar-refractivity contribution >= 4 is 39.5 Å². The Morgan fingerprint density at radius 1 is 0.294 bits per heavy atom. The Balaban J connectivity index is 5.42. The quantitative estimate of drug-likeness (QED) is 0.0169. The Morgan fingerprint density at radius 3 is 0.882 bits per heavy atom. The van der Waals surface area contributed by atoms with E-state index in [1.807, 2.05) is 12.2 Å². The third-order valence-electron chi connectivity index (χ3n) is 15.5. The zero-order valence-corrected chi connectivity index (χ0v) is 65.0. The Kier molecular flexibility index (Phi) is 70.1. The molecule has 3 N–H and O–H groups in total. The van der Waals surface area contributed by atoms with Crippen LogP contribution in [0.1, 0.15) is 285 Å². The lowest BCUT2D eigenvalue weighted by Crippen LogP contribution is -2.30. The number of hydrogen-bond donors (Lipinski definition) is 3. The van der Waals surface area contributed by atoms with Gasteiger partial charge in [-0.3, -0.25) is 37.3 Å². The summed E-state index contributed by atoms with van der Waals surface area (Å²) >= 11 is 0. The van der Waals surface area contributed by atoms with Gasteiger partial charge in [-0.1, -0.05) is 288 Å². The van der Waals surface area contributed by atoms with E-state index in [4.69, 9.17) is 37.0 Å². The Labute approximate surface area is 617 Å². The SMILES string of the molecule is CC/C=C\C/C=C\C/C=C\C/C=C\C/C=C\CCCCCC(=O)OCC(COP(=O)(O)OCC(O)COP(=O)(O)OCC(COC(=O)CCCCCCCCC/C=C\C/C=C\C/C=C\CC)OC(=O)C/C=C\C/C=C\C/C=C\C/C=C\C/C=C\CC)OC(=O)CCCCCCCCCCCCC. The summed E-state index contributed by atoms with van der Waals surface area (Å²) in [6.45, 7) is 4.35. The van der Waals surface area contributed by atoms with Crippen LogP contribution in [-0.2, 0) is 65.4 Å². The number of carbonyl (C=O) groups excluding carboxylic acids is 4. The van der Waals surface area contributed by atoms with Crippen molar-refractivity contribution in [1.82, 2.24) is 0 Å². The van der Waals surface area contributed by atoms with Crippen molar-refractivity contribution in [1.29, 1.82) is 0 Å². The lowest BCUT2D eigenvalue weighted by Gasteiger charge is -2.21. The van der Waals surface area contributed by atoms with Crippen LogP contribution in [0.2, 0.25) is 0 Å². The van der Waals surface area contributed by atoms with Crippen molar-refractivity contribution < 1.29 is 80.2 Å². The molecular formula is C83H136O17P2. The molecular weight excluding hydrogens is 1330 g/mol. The highest BCUT2D eigenvalue weighted by Crippen LogP contribution is 2.45. The summed E-state index contributed by atoms with van der Waals surface area (Å²) in [5, 5.41) is 10.6. The molecule has 0 rings (SSSR count). The summed E-state index contributed by atoms with van der Waals surface area (Å²) in [5.74, 6) is -2.38. The predicted octanol–water partition coefficient (Wildman–Crippen LogP) is 22.4. The molecule has 17 nitrogen and oxygen atoms in total. The molecule has 0 aliphatic carbocycles. The standard InChI is InChI=1S/C83H136O17P2/c1-5-9-13-17-21-25-29-32-35-37-38-40-43-45-49-52-56-60-64-68-80(85)93-73-78(99-82(87)69-65-61-57-53-47-28-24-20-16-12-8-4)75-97-101(89,90)95-71-77(84)72-96-102(91,92)98-76-79(100-83(88)70-66-62-58-54-50-46-41-34-31-27-23-19-15-11-7-3)74-94-81(86)67-63-59-55-51-48-44-42-39-36-33-30-26-22-18-14-10-6-2/h9-11,13-15,21-23,25-27,32-36,38,40-41,45,49-50,54,62,66,77-79,84H,5-8,12,16-20,24,28-31,37,39,42-44,46-48,51-53,55-61,63-65,67-76H2,1-4H3,(H,89,90)(H,91,92)/b13-9-,14-10-,15-11-,25-21-,26-22-,27-23-,35-32-,36-33-,40-38-,41-34-,49-45-,54-50-,66-62-. The van der Waals surface area contributed by atoms with Gasteiger partial charge in [0.05, 0.1) is 32.8 Å². The second kappa shape index (κ2) is 74.0. The fourth-order valence-corrected chi connectivity index (χ4v) is 11.3. The molecule has 0 radical (unpaired) electrons. The van der Waals surface area contributed by atoms with E-state index in [2.05, 4.69) is 161 Å². The normalized spacial score (nSPS) is 14.8. The van der Waals surface area contributed by atoms with Crippen LogP contribution < -0.4 is 0 Å². The smallest absolute Gasteiger partial charge is 0.462 e. The summed E-state index contributed by atoms with van der Waals surface area (Å²) < 4.78 is 68.3. The number of ether oxygens (including phenoxy) is 4. The average molecular weight is 1470 g/mol. The first-order chi connectivity index (χ1) is 49.7. The largest absolute Gasteiger partial charge is 0.472 e. The second-order valence-electron chi connectivity index (χ2n) is 25.2. The van der Waals surface area contributed by atoms with Crippen LogP contribution in [0.5, 0.6) is 0 Å². The summed E-state index contributed by atoms with van der Waals surface area (Å²) in [7, 11) is -10.0. The number of aliphatic hydroxyl groups is 1. The minimum atomic E-state index is -5.01. The molecule has 0 fully saturated rings. The molecule has 0 amide bonds. The number of esters is 4. The zero-order chi connectivity index (χ0) is 74.6. The first kappa shape index (κ1) is 96.7. The van der Waals surface area contributed by atoms with Gasteiger partial charge < -0.3 is 33.8 Å². The van der Waals surface area contributed by atoms with Gasteiger partial charge in [-0.05, 0) is 128 Å². The van der Waals surface area contributed by atoms with Gasteiger partial charge in [0.25, 0.3) is 0 Å². The summed E-state index contributed by atoms with van der Waals surface area (Å²) in [6, 6.07) is 0. The number of phosphoric acid groups is 2. The Morgan fingerprint density at radius 2 is 0.549 bits per heavy atom. The van der Waals surface area contributed by atoms with Gasteiger partial charge in [-0.15, -0.1) is 0 Å². The number of carbonyl (C=O) groups is 4. The van der Waals surface area contributed by atoms with E-state index in [0.29, 0.717) is 25.7 Å². The van der Waals surface area contributed by atoms with Crippen LogP contribution in [0, 0.1) is 0 Å². The predicted molar refractivity (Wildman–Crippen MR) is 417 cm³/mol. The number of phosphoric ester groups is 2.